The molecule has 0 unspecified atom stereocenters. The fraction of sp³-hybridized carbons (Fsp3) is 0.289. The number of nitrogens with one attached hydrogen (secondary N) is 4. The highest BCUT2D eigenvalue weighted by molar-refractivity contribution is 9.11. The molecule has 0 bridgehead atoms. The summed E-state index contributed by atoms with van der Waals surface area (Å²) in [6.45, 7) is 0.565. The second kappa shape index (κ2) is 17.1. The topological polar surface area (TPSA) is 176 Å². The van der Waals surface area contributed by atoms with Gasteiger partial charge in [-0.15, -0.1) is 11.3 Å². The molecule has 1 saturated heterocycles. The lowest BCUT2D eigenvalue weighted by atomic mass is 10.0. The summed E-state index contributed by atoms with van der Waals surface area (Å²) < 4.78 is 13.1. The smallest absolute Gasteiger partial charge is 0.266 e. The molecule has 4 atom stereocenters. The molecule has 5 aromatic rings. The van der Waals surface area contributed by atoms with Crippen LogP contribution in [0.1, 0.15) is 39.5 Å². The summed E-state index contributed by atoms with van der Waals surface area (Å²) in [5.41, 5.74) is 8.91. The van der Waals surface area contributed by atoms with E-state index >= 15 is 0 Å². The van der Waals surface area contributed by atoms with Crippen molar-refractivity contribution in [2.75, 3.05) is 18.9 Å². The van der Waals surface area contributed by atoms with Crippen LogP contribution < -0.4 is 21.7 Å². The number of likely N-dealkylation sites (N-methyl/N-ethyl adjacent to an activating group) is 1. The van der Waals surface area contributed by atoms with Crippen LogP contribution >= 0.6 is 27.3 Å². The Morgan fingerprint density at radius 1 is 1.02 bits per heavy atom. The van der Waals surface area contributed by atoms with Crippen LogP contribution in [-0.4, -0.2) is 71.3 Å². The molecule has 52 heavy (non-hydrogen) atoms. The second-order valence-corrected chi connectivity index (χ2v) is 15.1. The summed E-state index contributed by atoms with van der Waals surface area (Å²) in [6.07, 6.45) is 1.19. The number of nitrogens with two attached hydrogens (primary N) is 1. The van der Waals surface area contributed by atoms with Gasteiger partial charge in [0.15, 0.2) is 11.5 Å². The van der Waals surface area contributed by atoms with Gasteiger partial charge in [-0.05, 0) is 83.3 Å². The number of guanidine groups is 1. The first kappa shape index (κ1) is 36.9. The van der Waals surface area contributed by atoms with Crippen molar-refractivity contribution in [2.24, 2.45) is 5.73 Å². The van der Waals surface area contributed by atoms with E-state index in [1.807, 2.05) is 42.5 Å². The molecule has 1 aliphatic heterocycles. The van der Waals surface area contributed by atoms with Crippen molar-refractivity contribution in [1.29, 1.82) is 5.41 Å². The summed E-state index contributed by atoms with van der Waals surface area (Å²) in [5.74, 6) is -1.51. The van der Waals surface area contributed by atoms with Crippen molar-refractivity contribution in [1.82, 2.24) is 20.5 Å². The molecular weight excluding hydrogens is 746 g/mol. The Morgan fingerprint density at radius 3 is 2.46 bits per heavy atom. The molecular formula is C38H40BrN7O5S. The molecule has 0 radical (unpaired) electrons. The number of amides is 2. The Hall–Kier alpha value is -4.89. The number of nitrogens with zero attached hydrogens (tertiary/aromatic N) is 2. The van der Waals surface area contributed by atoms with Crippen LogP contribution in [0.4, 0.5) is 5.69 Å². The molecule has 6 rings (SSSR count). The van der Waals surface area contributed by atoms with E-state index in [1.54, 1.807) is 71.8 Å². The zero-order chi connectivity index (χ0) is 36.6. The number of likely N-dealkylation sites (tertiary alicyclic amines) is 1. The summed E-state index contributed by atoms with van der Waals surface area (Å²) in [6, 6.07) is 25.5. The molecule has 1 fully saturated rings. The van der Waals surface area contributed by atoms with E-state index in [0.29, 0.717) is 36.2 Å². The molecule has 6 N–H and O–H groups in total. The van der Waals surface area contributed by atoms with E-state index in [0.717, 1.165) is 19.8 Å². The number of anilines is 1. The Labute approximate surface area is 313 Å². The predicted molar refractivity (Wildman–Crippen MR) is 204 cm³/mol. The third-order valence-corrected chi connectivity index (χ3v) is 10.6. The average molecular weight is 787 g/mol. The van der Waals surface area contributed by atoms with Gasteiger partial charge >= 0.3 is 0 Å². The highest BCUT2D eigenvalue weighted by Gasteiger charge is 2.43. The number of halogens is 1. The molecule has 12 nitrogen and oxygen atoms in total. The number of aromatic nitrogens is 1. The monoisotopic (exact) mass is 785 g/mol. The maximum absolute atomic E-state index is 14.3. The third-order valence-electron chi connectivity index (χ3n) is 8.96. The molecule has 2 amide bonds. The summed E-state index contributed by atoms with van der Waals surface area (Å²) >= 11 is 5.05. The number of hydrogen-bond acceptors (Lipinski definition) is 9. The van der Waals surface area contributed by atoms with Gasteiger partial charge < -0.3 is 35.7 Å². The Balaban J connectivity index is 1.24. The number of fused-ring (bicyclic) bond motifs is 1. The Morgan fingerprint density at radius 2 is 1.77 bits per heavy atom. The number of ether oxygens (including phenoxy) is 1. The number of rotatable bonds is 15. The van der Waals surface area contributed by atoms with Crippen LogP contribution in [0.25, 0.3) is 11.1 Å². The highest BCUT2D eigenvalue weighted by Crippen LogP contribution is 2.27. The van der Waals surface area contributed by atoms with E-state index in [1.165, 1.54) is 0 Å². The van der Waals surface area contributed by atoms with E-state index in [-0.39, 0.29) is 37.1 Å². The molecule has 3 heterocycles. The number of oxazole rings is 1. The van der Waals surface area contributed by atoms with Gasteiger partial charge in [-0.25, -0.2) is 4.98 Å². The third kappa shape index (κ3) is 9.31. The van der Waals surface area contributed by atoms with Crippen LogP contribution in [-0.2, 0) is 33.8 Å². The van der Waals surface area contributed by atoms with Gasteiger partial charge in [-0.1, -0.05) is 54.6 Å². The molecule has 0 aliphatic carbocycles. The first-order chi connectivity index (χ1) is 25.2. The van der Waals surface area contributed by atoms with E-state index in [4.69, 9.17) is 20.3 Å². The van der Waals surface area contributed by atoms with Crippen molar-refractivity contribution in [3.8, 4) is 0 Å². The normalized spacial score (nSPS) is 16.8. The van der Waals surface area contributed by atoms with Crippen LogP contribution in [0.5, 0.6) is 0 Å². The van der Waals surface area contributed by atoms with Crippen LogP contribution in [0.15, 0.2) is 99.2 Å². The van der Waals surface area contributed by atoms with Crippen LogP contribution in [0.3, 0.4) is 0 Å². The van der Waals surface area contributed by atoms with Gasteiger partial charge in [-0.3, -0.25) is 19.8 Å². The lowest BCUT2D eigenvalue weighted by Crippen LogP contribution is -2.54. The number of thiophene rings is 1. The van der Waals surface area contributed by atoms with Gasteiger partial charge in [0.1, 0.15) is 17.6 Å². The van der Waals surface area contributed by atoms with Crippen LogP contribution in [0.2, 0.25) is 0 Å². The minimum atomic E-state index is -1.06. The molecule has 0 saturated carbocycles. The SMILES string of the molecule is CN[C@H](CCc1ccccc1)C(=O)N1C[C@H](OCc2ccc(Br)s2)C[C@H]1C(=O)N[C@@H](Cc1ccc(NC(=N)N)cc1)C(=O)c1nc2ccccc2o1. The van der Waals surface area contributed by atoms with Gasteiger partial charge in [-0.2, -0.15) is 0 Å². The molecule has 3 aromatic carbocycles. The Bertz CT molecular complexity index is 1990. The van der Waals surface area contributed by atoms with Crippen LogP contribution in [0, 0.1) is 5.41 Å². The van der Waals surface area contributed by atoms with E-state index in [2.05, 4.69) is 36.9 Å². The number of ketones is 1. The first-order valence-corrected chi connectivity index (χ1v) is 18.6. The zero-order valence-electron chi connectivity index (χ0n) is 28.5. The standard InChI is InChI=1S/C38H40BrN7O5S/c1-42-29(17-13-23-7-3-2-4-8-23)37(49)46-21-26(50-22-27-16-18-33(39)52-27)20-31(46)35(48)44-30(19-24-11-14-25(15-12-24)43-38(40)41)34(47)36-45-28-9-5-6-10-32(28)51-36/h2-12,14-16,18,26,29-31,42H,13,17,19-22H2,1H3,(H,44,48)(H4,40,41,43)/t26-,29-,30+,31+/m1/s1. The quantitative estimate of drug-likeness (QED) is 0.0538. The molecule has 1 aliphatic rings. The average Bonchev–Trinajstić information content (AvgIpc) is 3.89. The maximum Gasteiger partial charge on any atom is 0.266 e. The molecule has 2 aromatic heterocycles. The van der Waals surface area contributed by atoms with Gasteiger partial charge in [0.25, 0.3) is 5.89 Å². The number of aryl methyl sites for hydroxylation is 1. The lowest BCUT2D eigenvalue weighted by molar-refractivity contribution is -0.140. The van der Waals surface area contributed by atoms with Gasteiger partial charge in [0.2, 0.25) is 17.6 Å². The fourth-order valence-corrected chi connectivity index (χ4v) is 7.71. The van der Waals surface area contributed by atoms with Crippen molar-refractivity contribution in [3.05, 3.63) is 117 Å². The van der Waals surface area contributed by atoms with E-state index in [9.17, 15) is 14.4 Å². The fourth-order valence-electron chi connectivity index (χ4n) is 6.31. The number of carbonyl (C=O) groups is 3. The maximum atomic E-state index is 14.3. The Kier molecular flexibility index (Phi) is 12.1. The van der Waals surface area contributed by atoms with Crippen molar-refractivity contribution < 1.29 is 23.5 Å². The van der Waals surface area contributed by atoms with Gasteiger partial charge in [0, 0.05) is 30.0 Å². The number of carbonyl (C=O) groups excluding carboxylic acids is 3. The first-order valence-electron chi connectivity index (χ1n) is 16.9. The van der Waals surface area contributed by atoms with E-state index < -0.39 is 35.9 Å². The number of para-hydroxylation sites is 2. The largest absolute Gasteiger partial charge is 0.434 e. The molecule has 14 heteroatoms. The predicted octanol–water partition coefficient (Wildman–Crippen LogP) is 5.27. The molecule has 270 valence electrons. The minimum Gasteiger partial charge on any atom is -0.434 e. The summed E-state index contributed by atoms with van der Waals surface area (Å²) in [5, 5.41) is 16.4. The van der Waals surface area contributed by atoms with Crippen molar-refractivity contribution >= 4 is 67.6 Å². The summed E-state index contributed by atoms with van der Waals surface area (Å²) in [4.78, 5) is 49.6. The second-order valence-electron chi connectivity index (χ2n) is 12.6. The number of hydrogen-bond donors (Lipinski definition) is 5. The van der Waals surface area contributed by atoms with Crippen molar-refractivity contribution in [3.63, 3.8) is 0 Å². The van der Waals surface area contributed by atoms with Crippen molar-refractivity contribution in [2.45, 2.75) is 56.5 Å². The van der Waals surface area contributed by atoms with Gasteiger partial charge in [0.05, 0.1) is 22.5 Å². The number of Topliss-reactive ketones (excluding diaryl/α,β-unsaturated/α-hetero) is 1. The lowest BCUT2D eigenvalue weighted by Gasteiger charge is -2.29. The summed E-state index contributed by atoms with van der Waals surface area (Å²) in [7, 11) is 1.74. The minimum absolute atomic E-state index is 0.119. The molecule has 0 spiro atoms. The zero-order valence-corrected chi connectivity index (χ0v) is 30.9. The highest BCUT2D eigenvalue weighted by atomic mass is 79.9. The number of benzene rings is 3.